The molecule has 1 amide bonds. The van der Waals surface area contributed by atoms with Gasteiger partial charge in [0.2, 0.25) is 5.91 Å². The zero-order valence-electron chi connectivity index (χ0n) is 9.86. The van der Waals surface area contributed by atoms with E-state index in [9.17, 15) is 13.6 Å². The van der Waals surface area contributed by atoms with Gasteiger partial charge in [-0.15, -0.1) is 0 Å². The molecule has 0 aliphatic rings. The second kappa shape index (κ2) is 7.60. The number of nitrogens with two attached hydrogens (primary N) is 1. The van der Waals surface area contributed by atoms with Gasteiger partial charge in [0, 0.05) is 18.7 Å². The molecule has 100 valence electrons. The van der Waals surface area contributed by atoms with Gasteiger partial charge in [0.05, 0.1) is 6.61 Å². The second-order valence-corrected chi connectivity index (χ2v) is 3.74. The maximum atomic E-state index is 11.7. The van der Waals surface area contributed by atoms with Crippen LogP contribution in [0.25, 0.3) is 0 Å². The van der Waals surface area contributed by atoms with Crippen molar-refractivity contribution in [2.45, 2.75) is 19.4 Å². The van der Waals surface area contributed by atoms with Gasteiger partial charge in [-0.25, -0.2) is 8.78 Å². The molecular weight excluding hydrogens is 242 g/mol. The molecule has 0 atom stereocenters. The fraction of sp³-hybridized carbons (Fsp3) is 0.417. The third-order valence-electron chi connectivity index (χ3n) is 2.16. The summed E-state index contributed by atoms with van der Waals surface area (Å²) in [5.41, 5.74) is 7.10. The fourth-order valence-electron chi connectivity index (χ4n) is 1.33. The topological polar surface area (TPSA) is 64.3 Å². The van der Waals surface area contributed by atoms with Gasteiger partial charge in [-0.2, -0.15) is 0 Å². The molecule has 0 saturated carbocycles. The summed E-state index contributed by atoms with van der Waals surface area (Å²) in [6, 6.07) is 7.14. The third-order valence-corrected chi connectivity index (χ3v) is 2.16. The Morgan fingerprint density at radius 1 is 1.44 bits per heavy atom. The summed E-state index contributed by atoms with van der Waals surface area (Å²) in [6.07, 6.45) is -2.44. The zero-order valence-corrected chi connectivity index (χ0v) is 9.86. The first-order valence-electron chi connectivity index (χ1n) is 5.55. The van der Waals surface area contributed by atoms with E-state index in [0.717, 1.165) is 5.56 Å². The third kappa shape index (κ3) is 6.15. The number of ether oxygens (including phenoxy) is 1. The smallest absolute Gasteiger partial charge is 0.261 e. The Balaban J connectivity index is 2.17. The summed E-state index contributed by atoms with van der Waals surface area (Å²) < 4.78 is 28.1. The summed E-state index contributed by atoms with van der Waals surface area (Å²) in [5, 5.41) is 2.65. The van der Waals surface area contributed by atoms with E-state index in [1.165, 1.54) is 0 Å². The number of carbonyl (C=O) groups excluding carboxylic acids is 1. The normalized spacial score (nSPS) is 10.6. The quantitative estimate of drug-likeness (QED) is 0.576. The highest BCUT2D eigenvalue weighted by Crippen LogP contribution is 2.05. The summed E-state index contributed by atoms with van der Waals surface area (Å²) in [4.78, 5) is 11.3. The zero-order chi connectivity index (χ0) is 13.4. The molecular formula is C12H16F2N2O2. The van der Waals surface area contributed by atoms with Crippen molar-refractivity contribution in [3.05, 3.63) is 29.8 Å². The molecule has 0 saturated heterocycles. The number of hydrogen-bond acceptors (Lipinski definition) is 3. The number of nitrogens with one attached hydrogen (secondary N) is 1. The highest BCUT2D eigenvalue weighted by atomic mass is 19.3. The van der Waals surface area contributed by atoms with Gasteiger partial charge < -0.3 is 15.8 Å². The van der Waals surface area contributed by atoms with Crippen LogP contribution in [-0.2, 0) is 16.1 Å². The van der Waals surface area contributed by atoms with Gasteiger partial charge in [0.1, 0.15) is 6.61 Å². The molecule has 0 aliphatic carbocycles. The molecule has 3 N–H and O–H groups in total. The molecule has 4 nitrogen and oxygen atoms in total. The van der Waals surface area contributed by atoms with E-state index < -0.39 is 13.0 Å². The first-order valence-corrected chi connectivity index (χ1v) is 5.55. The van der Waals surface area contributed by atoms with Crippen LogP contribution in [-0.4, -0.2) is 25.5 Å². The van der Waals surface area contributed by atoms with Crippen molar-refractivity contribution < 1.29 is 18.3 Å². The second-order valence-electron chi connectivity index (χ2n) is 3.74. The Morgan fingerprint density at radius 3 is 2.89 bits per heavy atom. The van der Waals surface area contributed by atoms with Crippen molar-refractivity contribution in [2.24, 2.45) is 0 Å². The van der Waals surface area contributed by atoms with Crippen LogP contribution in [0.1, 0.15) is 12.0 Å². The van der Waals surface area contributed by atoms with Gasteiger partial charge in [-0.05, 0) is 17.7 Å². The van der Waals surface area contributed by atoms with Crippen LogP contribution in [0.3, 0.4) is 0 Å². The van der Waals surface area contributed by atoms with Crippen molar-refractivity contribution in [1.29, 1.82) is 0 Å². The molecule has 0 aliphatic heterocycles. The monoisotopic (exact) mass is 258 g/mol. The van der Waals surface area contributed by atoms with Crippen LogP contribution in [0.5, 0.6) is 0 Å². The van der Waals surface area contributed by atoms with E-state index in [0.29, 0.717) is 12.2 Å². The molecule has 0 fully saturated rings. The maximum Gasteiger partial charge on any atom is 0.261 e. The Kier molecular flexibility index (Phi) is 6.07. The molecule has 1 aromatic rings. The molecule has 1 rings (SSSR count). The molecule has 0 aromatic heterocycles. The van der Waals surface area contributed by atoms with Gasteiger partial charge >= 0.3 is 0 Å². The Bertz CT molecular complexity index is 386. The predicted octanol–water partition coefficient (Wildman–Crippen LogP) is 1.56. The minimum Gasteiger partial charge on any atom is -0.399 e. The minimum atomic E-state index is -2.50. The lowest BCUT2D eigenvalue weighted by atomic mass is 10.2. The SMILES string of the molecule is Nc1cccc(CNC(=O)CCOCC(F)F)c1. The van der Waals surface area contributed by atoms with E-state index >= 15 is 0 Å². The number of carbonyl (C=O) groups is 1. The number of nitrogen functional groups attached to an aromatic ring is 1. The minimum absolute atomic E-state index is 0.00684. The number of benzene rings is 1. The number of hydrogen-bond donors (Lipinski definition) is 2. The van der Waals surface area contributed by atoms with Crippen LogP contribution in [0.4, 0.5) is 14.5 Å². The van der Waals surface area contributed by atoms with Crippen molar-refractivity contribution in [1.82, 2.24) is 5.32 Å². The Hall–Kier alpha value is -1.69. The van der Waals surface area contributed by atoms with Crippen molar-refractivity contribution in [2.75, 3.05) is 18.9 Å². The van der Waals surface area contributed by atoms with Gasteiger partial charge in [0.15, 0.2) is 0 Å². The molecule has 0 bridgehead atoms. The summed E-state index contributed by atoms with van der Waals surface area (Å²) in [6.45, 7) is -0.283. The standard InChI is InChI=1S/C12H16F2N2O2/c13-11(14)8-18-5-4-12(17)16-7-9-2-1-3-10(15)6-9/h1-3,6,11H,4-5,7-8,15H2,(H,16,17). The lowest BCUT2D eigenvalue weighted by molar-refractivity contribution is -0.122. The summed E-state index contributed by atoms with van der Waals surface area (Å²) in [5.74, 6) is -0.244. The van der Waals surface area contributed by atoms with Crippen LogP contribution in [0.15, 0.2) is 24.3 Å². The predicted molar refractivity (Wildman–Crippen MR) is 64.1 cm³/mol. The largest absolute Gasteiger partial charge is 0.399 e. The van der Waals surface area contributed by atoms with E-state index in [-0.39, 0.29) is 18.9 Å². The van der Waals surface area contributed by atoms with Crippen molar-refractivity contribution in [3.63, 3.8) is 0 Å². The van der Waals surface area contributed by atoms with Gasteiger partial charge in [0.25, 0.3) is 6.43 Å². The van der Waals surface area contributed by atoms with Crippen molar-refractivity contribution >= 4 is 11.6 Å². The lowest BCUT2D eigenvalue weighted by Crippen LogP contribution is -2.24. The first-order chi connectivity index (χ1) is 8.58. The van der Waals surface area contributed by atoms with Crippen LogP contribution >= 0.6 is 0 Å². The van der Waals surface area contributed by atoms with Crippen LogP contribution in [0, 0.1) is 0 Å². The highest BCUT2D eigenvalue weighted by Gasteiger charge is 2.04. The van der Waals surface area contributed by atoms with Gasteiger partial charge in [-0.1, -0.05) is 12.1 Å². The lowest BCUT2D eigenvalue weighted by Gasteiger charge is -2.06. The summed E-state index contributed by atoms with van der Waals surface area (Å²) in [7, 11) is 0. The molecule has 6 heteroatoms. The average Bonchev–Trinajstić information content (AvgIpc) is 2.32. The number of anilines is 1. The van der Waals surface area contributed by atoms with Crippen molar-refractivity contribution in [3.8, 4) is 0 Å². The van der Waals surface area contributed by atoms with E-state index in [2.05, 4.69) is 10.1 Å². The highest BCUT2D eigenvalue weighted by molar-refractivity contribution is 5.75. The van der Waals surface area contributed by atoms with Crippen LogP contribution < -0.4 is 11.1 Å². The number of rotatable bonds is 7. The van der Waals surface area contributed by atoms with Crippen LogP contribution in [0.2, 0.25) is 0 Å². The van der Waals surface area contributed by atoms with Gasteiger partial charge in [-0.3, -0.25) is 4.79 Å². The fourth-order valence-corrected chi connectivity index (χ4v) is 1.33. The molecule has 0 unspecified atom stereocenters. The van der Waals surface area contributed by atoms with E-state index in [4.69, 9.17) is 5.73 Å². The number of amides is 1. The molecule has 0 spiro atoms. The molecule has 1 aromatic carbocycles. The Morgan fingerprint density at radius 2 is 2.22 bits per heavy atom. The molecule has 18 heavy (non-hydrogen) atoms. The van der Waals surface area contributed by atoms with E-state index in [1.54, 1.807) is 18.2 Å². The summed E-state index contributed by atoms with van der Waals surface area (Å²) >= 11 is 0. The molecule has 0 heterocycles. The molecule has 0 radical (unpaired) electrons. The maximum absolute atomic E-state index is 11.7. The number of halogens is 2. The average molecular weight is 258 g/mol. The number of alkyl halides is 2. The Labute approximate surface area is 104 Å². The first kappa shape index (κ1) is 14.4. The van der Waals surface area contributed by atoms with E-state index in [1.807, 2.05) is 6.07 Å².